The van der Waals surface area contributed by atoms with E-state index in [4.69, 9.17) is 13.8 Å². The number of likely N-dealkylation sites (N-methyl/N-ethyl adjacent to an activating group) is 1. The number of nitrogens with zero attached hydrogens (tertiary/aromatic N) is 1. The lowest BCUT2D eigenvalue weighted by atomic mass is 10.0. The maximum Gasteiger partial charge on any atom is 0.472 e. The second-order valence-electron chi connectivity index (χ2n) is 21.5. The quantitative estimate of drug-likeness (QED) is 0.0205. The topological polar surface area (TPSA) is 111 Å². The van der Waals surface area contributed by atoms with Crippen molar-refractivity contribution in [3.63, 3.8) is 0 Å². The van der Waals surface area contributed by atoms with Crippen LogP contribution in [0, 0.1) is 0 Å². The Labute approximate surface area is 428 Å². The predicted octanol–water partition coefficient (Wildman–Crippen LogP) is 17.8. The van der Waals surface area contributed by atoms with E-state index in [0.29, 0.717) is 23.9 Å². The fourth-order valence-electron chi connectivity index (χ4n) is 8.76. The Morgan fingerprint density at radius 2 is 0.841 bits per heavy atom. The zero-order valence-electron chi connectivity index (χ0n) is 46.6. The molecule has 0 aromatic heterocycles. The van der Waals surface area contributed by atoms with Crippen molar-refractivity contribution in [3.8, 4) is 0 Å². The van der Waals surface area contributed by atoms with E-state index in [1.54, 1.807) is 0 Å². The molecule has 0 saturated heterocycles. The van der Waals surface area contributed by atoms with Gasteiger partial charge >= 0.3 is 13.8 Å². The molecule has 3 unspecified atom stereocenters. The SMILES string of the molecule is CCCCCC/C=C\CCCCCCCCCC(=O)OC(/C=C/CCCCCCCCCCCCC)C(COP(=O)(O)OCC[N+](C)(C)C)NC(=O)CCCCCCCCCCCCCCCCC. The van der Waals surface area contributed by atoms with Gasteiger partial charge < -0.3 is 19.4 Å². The van der Waals surface area contributed by atoms with Crippen molar-refractivity contribution in [1.29, 1.82) is 0 Å². The van der Waals surface area contributed by atoms with Gasteiger partial charge in [0.25, 0.3) is 0 Å². The number of ether oxygens (including phenoxy) is 1. The van der Waals surface area contributed by atoms with Crippen LogP contribution < -0.4 is 5.32 Å². The van der Waals surface area contributed by atoms with Gasteiger partial charge in [-0.3, -0.25) is 18.6 Å². The van der Waals surface area contributed by atoms with Gasteiger partial charge in [-0.2, -0.15) is 0 Å². The number of unbranched alkanes of at least 4 members (excludes halogenated alkanes) is 36. The molecular formula is C59H116N2O7P+. The van der Waals surface area contributed by atoms with Gasteiger partial charge in [0.1, 0.15) is 19.3 Å². The number of phosphoric acid groups is 1. The molecule has 0 aromatic carbocycles. The molecule has 0 heterocycles. The van der Waals surface area contributed by atoms with E-state index in [1.165, 1.54) is 199 Å². The van der Waals surface area contributed by atoms with Crippen molar-refractivity contribution in [1.82, 2.24) is 5.32 Å². The normalized spacial score (nSPS) is 13.9. The average Bonchev–Trinajstić information content (AvgIpc) is 3.31. The number of nitrogens with one attached hydrogen (secondary N) is 1. The van der Waals surface area contributed by atoms with Gasteiger partial charge in [0.05, 0.1) is 33.8 Å². The number of amides is 1. The average molecular weight is 997 g/mol. The number of esters is 1. The van der Waals surface area contributed by atoms with Gasteiger partial charge in [0.15, 0.2) is 0 Å². The molecular weight excluding hydrogens is 880 g/mol. The highest BCUT2D eigenvalue weighted by molar-refractivity contribution is 7.47. The van der Waals surface area contributed by atoms with Crippen LogP contribution in [0.2, 0.25) is 0 Å². The molecule has 408 valence electrons. The van der Waals surface area contributed by atoms with Gasteiger partial charge in [-0.05, 0) is 57.4 Å². The molecule has 0 aliphatic heterocycles. The molecule has 0 aliphatic carbocycles. The third-order valence-corrected chi connectivity index (χ3v) is 14.4. The maximum absolute atomic E-state index is 13.5. The summed E-state index contributed by atoms with van der Waals surface area (Å²) in [7, 11) is 1.51. The smallest absolute Gasteiger partial charge is 0.456 e. The van der Waals surface area contributed by atoms with Crippen molar-refractivity contribution >= 4 is 19.7 Å². The first-order valence-corrected chi connectivity index (χ1v) is 31.2. The number of hydrogen-bond donors (Lipinski definition) is 2. The van der Waals surface area contributed by atoms with E-state index in [9.17, 15) is 19.0 Å². The predicted molar refractivity (Wildman–Crippen MR) is 296 cm³/mol. The first kappa shape index (κ1) is 67.5. The fraction of sp³-hybridized carbons (Fsp3) is 0.898. The minimum atomic E-state index is -4.44. The molecule has 9 nitrogen and oxygen atoms in total. The van der Waals surface area contributed by atoms with Crippen molar-refractivity contribution in [2.75, 3.05) is 40.9 Å². The van der Waals surface area contributed by atoms with Crippen LogP contribution in [0.1, 0.15) is 290 Å². The van der Waals surface area contributed by atoms with Gasteiger partial charge in [0, 0.05) is 12.8 Å². The van der Waals surface area contributed by atoms with Crippen LogP contribution in [0.25, 0.3) is 0 Å². The monoisotopic (exact) mass is 996 g/mol. The van der Waals surface area contributed by atoms with Gasteiger partial charge in [-0.1, -0.05) is 244 Å². The van der Waals surface area contributed by atoms with Gasteiger partial charge in [0.2, 0.25) is 5.91 Å². The Morgan fingerprint density at radius 3 is 1.25 bits per heavy atom. The Hall–Kier alpha value is -1.51. The zero-order chi connectivity index (χ0) is 50.8. The van der Waals surface area contributed by atoms with E-state index in [0.717, 1.165) is 57.8 Å². The molecule has 0 aliphatic rings. The third kappa shape index (κ3) is 51.2. The molecule has 3 atom stereocenters. The van der Waals surface area contributed by atoms with Crippen molar-refractivity contribution in [3.05, 3.63) is 24.3 Å². The number of allylic oxidation sites excluding steroid dienone is 3. The number of carbonyl (C=O) groups is 2. The molecule has 0 fully saturated rings. The summed E-state index contributed by atoms with van der Waals surface area (Å²) in [6.45, 7) is 7.03. The molecule has 69 heavy (non-hydrogen) atoms. The van der Waals surface area contributed by atoms with E-state index >= 15 is 0 Å². The number of rotatable bonds is 54. The van der Waals surface area contributed by atoms with Crippen molar-refractivity contribution in [2.45, 2.75) is 303 Å². The summed E-state index contributed by atoms with van der Waals surface area (Å²) < 4.78 is 30.6. The van der Waals surface area contributed by atoms with Crippen LogP contribution >= 0.6 is 7.82 Å². The second-order valence-corrected chi connectivity index (χ2v) is 23.0. The van der Waals surface area contributed by atoms with Crippen molar-refractivity contribution in [2.24, 2.45) is 0 Å². The van der Waals surface area contributed by atoms with E-state index in [1.807, 2.05) is 33.3 Å². The van der Waals surface area contributed by atoms with E-state index in [2.05, 4.69) is 38.2 Å². The van der Waals surface area contributed by atoms with Crippen molar-refractivity contribution < 1.29 is 37.3 Å². The standard InChI is InChI=1S/C59H115N2O7P/c1-7-10-13-16-19-22-25-28-30-33-36-39-42-45-48-51-58(62)60-56(55-67-69(64,65)66-54-53-61(4,5)6)57(50-47-44-41-38-35-32-27-24-21-18-15-12-9-3)68-59(63)52-49-46-43-40-37-34-31-29-26-23-20-17-14-11-8-2/h23,26,47,50,56-57H,7-22,24-25,27-46,48-49,51-55H2,1-6H3,(H-,60,62,64,65)/p+1/b26-23-,50-47+. The van der Waals surface area contributed by atoms with Crippen LogP contribution in [0.3, 0.4) is 0 Å². The molecule has 1 amide bonds. The first-order valence-electron chi connectivity index (χ1n) is 29.7. The number of phosphoric ester groups is 1. The molecule has 0 aromatic rings. The molecule has 10 heteroatoms. The largest absolute Gasteiger partial charge is 0.472 e. The third-order valence-electron chi connectivity index (χ3n) is 13.4. The summed E-state index contributed by atoms with van der Waals surface area (Å²) in [4.78, 5) is 37.6. The fourth-order valence-corrected chi connectivity index (χ4v) is 9.50. The Morgan fingerprint density at radius 1 is 0.493 bits per heavy atom. The minimum absolute atomic E-state index is 0.0430. The van der Waals surface area contributed by atoms with Gasteiger partial charge in [-0.25, -0.2) is 4.57 Å². The molecule has 0 saturated carbocycles. The Kier molecular flexibility index (Phi) is 48.9. The molecule has 0 spiro atoms. The second kappa shape index (κ2) is 50.0. The maximum atomic E-state index is 13.5. The van der Waals surface area contributed by atoms with Crippen LogP contribution in [-0.4, -0.2) is 74.3 Å². The Balaban J connectivity index is 5.33. The summed E-state index contributed by atoms with van der Waals surface area (Å²) in [6.07, 6.45) is 57.3. The molecule has 0 radical (unpaired) electrons. The summed E-state index contributed by atoms with van der Waals surface area (Å²) in [6, 6.07) is -0.843. The zero-order valence-corrected chi connectivity index (χ0v) is 47.5. The first-order chi connectivity index (χ1) is 33.4. The summed E-state index contributed by atoms with van der Waals surface area (Å²) in [5.41, 5.74) is 0. The summed E-state index contributed by atoms with van der Waals surface area (Å²) >= 11 is 0. The minimum Gasteiger partial charge on any atom is -0.456 e. The van der Waals surface area contributed by atoms with Crippen LogP contribution in [0.4, 0.5) is 0 Å². The lowest BCUT2D eigenvalue weighted by Gasteiger charge is -2.27. The molecule has 0 bridgehead atoms. The highest BCUT2D eigenvalue weighted by atomic mass is 31.2. The Bertz CT molecular complexity index is 1240. The van der Waals surface area contributed by atoms with E-state index in [-0.39, 0.29) is 25.1 Å². The summed E-state index contributed by atoms with van der Waals surface area (Å²) in [5, 5.41) is 3.06. The highest BCUT2D eigenvalue weighted by Gasteiger charge is 2.30. The summed E-state index contributed by atoms with van der Waals surface area (Å²) in [5.74, 6) is -0.496. The van der Waals surface area contributed by atoms with E-state index < -0.39 is 20.0 Å². The number of hydrogen-bond acceptors (Lipinski definition) is 6. The lowest BCUT2D eigenvalue weighted by molar-refractivity contribution is -0.870. The highest BCUT2D eigenvalue weighted by Crippen LogP contribution is 2.43. The molecule has 0 rings (SSSR count). The van der Waals surface area contributed by atoms with Crippen LogP contribution in [0.5, 0.6) is 0 Å². The van der Waals surface area contributed by atoms with Crippen LogP contribution in [-0.2, 0) is 27.9 Å². The molecule has 2 N–H and O–H groups in total. The van der Waals surface area contributed by atoms with Crippen LogP contribution in [0.15, 0.2) is 24.3 Å². The van der Waals surface area contributed by atoms with Gasteiger partial charge in [-0.15, -0.1) is 0 Å². The number of quaternary nitrogens is 1. The lowest BCUT2D eigenvalue weighted by Crippen LogP contribution is -2.47. The number of carbonyl (C=O) groups excluding carboxylic acids is 2.